The van der Waals surface area contributed by atoms with Gasteiger partial charge in [-0.3, -0.25) is 24.7 Å². The second kappa shape index (κ2) is 8.42. The van der Waals surface area contributed by atoms with Gasteiger partial charge in [0.25, 0.3) is 5.69 Å². The van der Waals surface area contributed by atoms with Crippen molar-refractivity contribution in [1.82, 2.24) is 5.01 Å². The summed E-state index contributed by atoms with van der Waals surface area (Å²) in [6.07, 6.45) is 1.60. The van der Waals surface area contributed by atoms with Crippen molar-refractivity contribution in [1.29, 1.82) is 0 Å². The molecular weight excluding hydrogens is 498 g/mol. The minimum absolute atomic E-state index is 0.213. The first kappa shape index (κ1) is 24.7. The molecule has 2 heterocycles. The Morgan fingerprint density at radius 1 is 0.974 bits per heavy atom. The number of nitro benzene ring substituents is 1. The number of carbonyl (C=O) groups is 3. The smallest absolute Gasteiger partial charge is 0.331 e. The summed E-state index contributed by atoms with van der Waals surface area (Å²) < 4.78 is 5.83. The quantitative estimate of drug-likeness (QED) is 0.208. The Bertz CT molecular complexity index is 1570. The summed E-state index contributed by atoms with van der Waals surface area (Å²) >= 11 is 0. The normalized spacial score (nSPS) is 22.4. The van der Waals surface area contributed by atoms with Gasteiger partial charge in [-0.05, 0) is 37.5 Å². The number of ether oxygens (including phenoxy) is 1. The lowest BCUT2D eigenvalue weighted by molar-refractivity contribution is -0.384. The van der Waals surface area contributed by atoms with Crippen molar-refractivity contribution in [3.63, 3.8) is 0 Å². The molecule has 3 aromatic rings. The van der Waals surface area contributed by atoms with E-state index in [1.54, 1.807) is 57.3 Å². The summed E-state index contributed by atoms with van der Waals surface area (Å²) in [5, 5.41) is 17.9. The molecule has 3 aromatic carbocycles. The fourth-order valence-electron chi connectivity index (χ4n) is 6.32. The molecule has 0 radical (unpaired) electrons. The molecule has 1 spiro atoms. The monoisotopic (exact) mass is 523 g/mol. The lowest BCUT2D eigenvalue weighted by atomic mass is 9.63. The summed E-state index contributed by atoms with van der Waals surface area (Å²) in [5.74, 6) is -2.66. The SMILES string of the molecule is CC(C)(C)OC(=O)[C@H]1[C@@H](c2cccc([N+](=O)[O-])c2)C2(C(=O)c3ccccc3C2=O)[C@H]2c3ccccc3C=NN12. The lowest BCUT2D eigenvalue weighted by Crippen LogP contribution is -2.44. The molecule has 6 rings (SSSR count). The molecule has 9 heteroatoms. The third-order valence-electron chi connectivity index (χ3n) is 7.66. The summed E-state index contributed by atoms with van der Waals surface area (Å²) in [4.78, 5) is 54.3. The van der Waals surface area contributed by atoms with Gasteiger partial charge in [0.2, 0.25) is 0 Å². The van der Waals surface area contributed by atoms with E-state index in [9.17, 15) is 24.5 Å². The van der Waals surface area contributed by atoms with Crippen LogP contribution in [0, 0.1) is 15.5 Å². The number of fused-ring (bicyclic) bond motifs is 5. The van der Waals surface area contributed by atoms with Crippen molar-refractivity contribution in [2.45, 2.75) is 44.4 Å². The van der Waals surface area contributed by atoms with E-state index in [0.717, 1.165) is 5.56 Å². The Morgan fingerprint density at radius 3 is 2.26 bits per heavy atom. The Labute approximate surface area is 224 Å². The second-order valence-electron chi connectivity index (χ2n) is 11.0. The van der Waals surface area contributed by atoms with Crippen molar-refractivity contribution in [2.75, 3.05) is 0 Å². The average Bonchev–Trinajstić information content (AvgIpc) is 3.34. The molecule has 0 saturated carbocycles. The van der Waals surface area contributed by atoms with Gasteiger partial charge in [-0.25, -0.2) is 4.79 Å². The van der Waals surface area contributed by atoms with E-state index in [2.05, 4.69) is 5.10 Å². The average molecular weight is 524 g/mol. The van der Waals surface area contributed by atoms with Crippen LogP contribution in [0.3, 0.4) is 0 Å². The van der Waals surface area contributed by atoms with Gasteiger partial charge in [-0.2, -0.15) is 5.10 Å². The fourth-order valence-corrected chi connectivity index (χ4v) is 6.32. The minimum atomic E-state index is -1.81. The number of ketones is 2. The Hall–Kier alpha value is -4.66. The predicted octanol–water partition coefficient (Wildman–Crippen LogP) is 4.86. The van der Waals surface area contributed by atoms with Crippen LogP contribution in [0.15, 0.2) is 77.9 Å². The Balaban J connectivity index is 1.69. The molecule has 0 aromatic heterocycles. The zero-order valence-corrected chi connectivity index (χ0v) is 21.5. The largest absolute Gasteiger partial charge is 0.458 e. The number of non-ortho nitro benzene ring substituents is 1. The fraction of sp³-hybridized carbons (Fsp3) is 0.267. The third-order valence-corrected chi connectivity index (χ3v) is 7.66. The van der Waals surface area contributed by atoms with E-state index in [4.69, 9.17) is 4.74 Å². The first-order chi connectivity index (χ1) is 18.6. The molecular formula is C30H25N3O6. The highest BCUT2D eigenvalue weighted by molar-refractivity contribution is 6.31. The topological polar surface area (TPSA) is 119 Å². The highest BCUT2D eigenvalue weighted by atomic mass is 16.6. The van der Waals surface area contributed by atoms with E-state index in [0.29, 0.717) is 11.1 Å². The van der Waals surface area contributed by atoms with Gasteiger partial charge in [0.1, 0.15) is 11.0 Å². The number of nitro groups is 1. The first-order valence-corrected chi connectivity index (χ1v) is 12.6. The molecule has 196 valence electrons. The van der Waals surface area contributed by atoms with Crippen LogP contribution in [0.1, 0.15) is 70.1 Å². The molecule has 39 heavy (non-hydrogen) atoms. The Morgan fingerprint density at radius 2 is 1.62 bits per heavy atom. The van der Waals surface area contributed by atoms with Crippen LogP contribution in [0.5, 0.6) is 0 Å². The zero-order valence-electron chi connectivity index (χ0n) is 21.5. The number of esters is 1. The molecule has 1 fully saturated rings. The number of benzene rings is 3. The van der Waals surface area contributed by atoms with Gasteiger partial charge in [-0.15, -0.1) is 0 Å². The van der Waals surface area contributed by atoms with Crippen LogP contribution < -0.4 is 0 Å². The van der Waals surface area contributed by atoms with Crippen molar-refractivity contribution in [3.05, 3.63) is 111 Å². The van der Waals surface area contributed by atoms with Gasteiger partial charge in [0, 0.05) is 29.2 Å². The summed E-state index contributed by atoms with van der Waals surface area (Å²) in [6, 6.07) is 17.5. The number of hydrazone groups is 1. The maximum absolute atomic E-state index is 14.6. The molecule has 0 amide bonds. The number of nitrogens with zero attached hydrogens (tertiary/aromatic N) is 3. The molecule has 9 nitrogen and oxygen atoms in total. The minimum Gasteiger partial charge on any atom is -0.458 e. The van der Waals surface area contributed by atoms with Gasteiger partial charge in [-0.1, -0.05) is 60.7 Å². The van der Waals surface area contributed by atoms with Crippen LogP contribution in [-0.4, -0.2) is 45.3 Å². The van der Waals surface area contributed by atoms with Crippen LogP contribution in [0.2, 0.25) is 0 Å². The van der Waals surface area contributed by atoms with Crippen LogP contribution in [0.25, 0.3) is 0 Å². The van der Waals surface area contributed by atoms with Crippen molar-refractivity contribution < 1.29 is 24.0 Å². The van der Waals surface area contributed by atoms with Crippen molar-refractivity contribution >= 4 is 29.4 Å². The van der Waals surface area contributed by atoms with Crippen molar-refractivity contribution in [3.8, 4) is 0 Å². The molecule has 3 atom stereocenters. The highest BCUT2D eigenvalue weighted by Crippen LogP contribution is 2.64. The number of carbonyl (C=O) groups excluding carboxylic acids is 3. The highest BCUT2D eigenvalue weighted by Gasteiger charge is 2.73. The molecule has 1 aliphatic carbocycles. The van der Waals surface area contributed by atoms with Crippen LogP contribution >= 0.6 is 0 Å². The predicted molar refractivity (Wildman–Crippen MR) is 142 cm³/mol. The molecule has 0 unspecified atom stereocenters. The number of rotatable bonds is 3. The van der Waals surface area contributed by atoms with E-state index >= 15 is 0 Å². The van der Waals surface area contributed by atoms with Gasteiger partial charge < -0.3 is 4.74 Å². The van der Waals surface area contributed by atoms with Gasteiger partial charge >= 0.3 is 5.97 Å². The first-order valence-electron chi connectivity index (χ1n) is 12.6. The van der Waals surface area contributed by atoms with Crippen LogP contribution in [-0.2, 0) is 9.53 Å². The molecule has 1 saturated heterocycles. The maximum Gasteiger partial charge on any atom is 0.331 e. The molecule has 3 aliphatic rings. The maximum atomic E-state index is 14.6. The lowest BCUT2D eigenvalue weighted by Gasteiger charge is -2.36. The van der Waals surface area contributed by atoms with E-state index in [1.165, 1.54) is 23.2 Å². The number of hydrogen-bond acceptors (Lipinski definition) is 8. The standard InChI is InChI=1S/C30H25N3O6/c1-29(2,3)39-28(36)24-23(17-10-8-11-19(15-17)33(37)38)30(26(34)21-13-6-7-14-22(21)27(30)35)25-20-12-5-4-9-18(20)16-31-32(24)25/h4-16,23-25H,1-3H3/t23-,24-,25-/m1/s1. The van der Waals surface area contributed by atoms with Gasteiger partial charge in [0.05, 0.1) is 17.2 Å². The molecule has 0 N–H and O–H groups in total. The summed E-state index contributed by atoms with van der Waals surface area (Å²) in [7, 11) is 0. The number of Topliss-reactive ketones (excluding diaryl/α,β-unsaturated/α-hetero) is 2. The van der Waals surface area contributed by atoms with Gasteiger partial charge in [0.15, 0.2) is 17.6 Å². The van der Waals surface area contributed by atoms with Crippen molar-refractivity contribution in [2.24, 2.45) is 10.5 Å². The second-order valence-corrected chi connectivity index (χ2v) is 11.0. The number of hydrogen-bond donors (Lipinski definition) is 0. The van der Waals surface area contributed by atoms with Crippen LogP contribution in [0.4, 0.5) is 5.69 Å². The third kappa shape index (κ3) is 3.46. The molecule has 0 bridgehead atoms. The van der Waals surface area contributed by atoms with E-state index in [-0.39, 0.29) is 16.8 Å². The summed E-state index contributed by atoms with van der Waals surface area (Å²) in [5.41, 5.74) is -0.676. The van der Waals surface area contributed by atoms with E-state index < -0.39 is 51.5 Å². The van der Waals surface area contributed by atoms with E-state index in [1.807, 2.05) is 24.3 Å². The molecule has 2 aliphatic heterocycles. The zero-order chi connectivity index (χ0) is 27.7. The Kier molecular flexibility index (Phi) is 5.33. The summed E-state index contributed by atoms with van der Waals surface area (Å²) in [6.45, 7) is 5.18.